The van der Waals surface area contributed by atoms with E-state index in [0.29, 0.717) is 16.6 Å². The predicted molar refractivity (Wildman–Crippen MR) is 178 cm³/mol. The number of carbonyl (C=O) groups excluding carboxylic acids is 1. The summed E-state index contributed by atoms with van der Waals surface area (Å²) >= 11 is 12.8. The van der Waals surface area contributed by atoms with Crippen molar-refractivity contribution >= 4 is 46.1 Å². The minimum atomic E-state index is -0.175. The lowest BCUT2D eigenvalue weighted by molar-refractivity contribution is 0.0781. The maximum Gasteiger partial charge on any atom is 0.253 e. The maximum absolute atomic E-state index is 13.4. The lowest BCUT2D eigenvalue weighted by atomic mass is 9.76. The van der Waals surface area contributed by atoms with E-state index in [1.807, 2.05) is 47.4 Å². The lowest BCUT2D eigenvalue weighted by Crippen LogP contribution is -2.39. The highest BCUT2D eigenvalue weighted by Crippen LogP contribution is 2.41. The molecule has 1 aromatic heterocycles. The van der Waals surface area contributed by atoms with Gasteiger partial charge in [0.25, 0.3) is 5.91 Å². The standard InChI is InChI=1S/C35H39Cl2N5O/c1-2-3-20-42-32-13-8-7-12-31(32)38-34(42)40-19-9-18-39(23-24-40)21-16-35(28-14-15-29(36)30(37)25-28)17-22-41(26-35)33(43)27-10-5-4-6-11-27/h2-8,10-15,25H,9,16-24,26H2,1H3. The molecule has 2 fully saturated rings. The first kappa shape index (κ1) is 29.7. The van der Waals surface area contributed by atoms with Crippen LogP contribution in [-0.2, 0) is 12.0 Å². The molecule has 2 saturated heterocycles. The van der Waals surface area contributed by atoms with Crippen LogP contribution in [0.15, 0.2) is 84.9 Å². The minimum absolute atomic E-state index is 0.0914. The van der Waals surface area contributed by atoms with Crippen molar-refractivity contribution in [2.75, 3.05) is 50.7 Å². The first-order valence-corrected chi connectivity index (χ1v) is 16.1. The molecule has 0 radical (unpaired) electrons. The van der Waals surface area contributed by atoms with Gasteiger partial charge in [0, 0.05) is 50.2 Å². The second-order valence-electron chi connectivity index (χ2n) is 11.8. The first-order valence-electron chi connectivity index (χ1n) is 15.3. The Labute approximate surface area is 264 Å². The van der Waals surface area contributed by atoms with Gasteiger partial charge in [-0.1, -0.05) is 71.8 Å². The average molecular weight is 617 g/mol. The van der Waals surface area contributed by atoms with Crippen molar-refractivity contribution in [2.45, 2.75) is 38.1 Å². The van der Waals surface area contributed by atoms with Gasteiger partial charge in [0.2, 0.25) is 5.95 Å². The summed E-state index contributed by atoms with van der Waals surface area (Å²) in [7, 11) is 0. The molecule has 224 valence electrons. The summed E-state index contributed by atoms with van der Waals surface area (Å²) in [6, 6.07) is 24.0. The Kier molecular flexibility index (Phi) is 9.08. The number of amides is 1. The van der Waals surface area contributed by atoms with Crippen LogP contribution in [0.2, 0.25) is 10.0 Å². The number of rotatable bonds is 8. The maximum atomic E-state index is 13.4. The lowest BCUT2D eigenvalue weighted by Gasteiger charge is -2.33. The average Bonchev–Trinajstić information content (AvgIpc) is 3.55. The molecule has 0 spiro atoms. The van der Waals surface area contributed by atoms with E-state index < -0.39 is 0 Å². The van der Waals surface area contributed by atoms with Gasteiger partial charge in [0.1, 0.15) is 0 Å². The monoisotopic (exact) mass is 615 g/mol. The largest absolute Gasteiger partial charge is 0.341 e. The Hall–Kier alpha value is -3.32. The number of para-hydroxylation sites is 2. The van der Waals surface area contributed by atoms with E-state index >= 15 is 0 Å². The van der Waals surface area contributed by atoms with Crippen LogP contribution >= 0.6 is 23.2 Å². The van der Waals surface area contributed by atoms with Gasteiger partial charge in [0.15, 0.2) is 0 Å². The first-order chi connectivity index (χ1) is 21.0. The molecule has 4 aromatic rings. The van der Waals surface area contributed by atoms with Gasteiger partial charge in [-0.25, -0.2) is 4.98 Å². The number of nitrogens with zero attached hydrogens (tertiary/aromatic N) is 5. The van der Waals surface area contributed by atoms with E-state index in [9.17, 15) is 4.79 Å². The van der Waals surface area contributed by atoms with Crippen LogP contribution in [0.3, 0.4) is 0 Å². The van der Waals surface area contributed by atoms with Crippen molar-refractivity contribution in [3.63, 3.8) is 0 Å². The highest BCUT2D eigenvalue weighted by atomic mass is 35.5. The molecule has 0 aliphatic carbocycles. The second-order valence-corrected chi connectivity index (χ2v) is 12.6. The Balaban J connectivity index is 1.18. The van der Waals surface area contributed by atoms with Crippen molar-refractivity contribution in [1.29, 1.82) is 0 Å². The Morgan fingerprint density at radius 1 is 0.930 bits per heavy atom. The van der Waals surface area contributed by atoms with E-state index in [0.717, 1.165) is 82.1 Å². The van der Waals surface area contributed by atoms with Gasteiger partial charge in [-0.05, 0) is 81.2 Å². The SMILES string of the molecule is CC=CCn1c(N2CCCN(CCC3(c4ccc(Cl)c(Cl)c4)CCN(C(=O)c4ccccc4)C3)CC2)nc2ccccc21. The quantitative estimate of drug-likeness (QED) is 0.195. The number of hydrogen-bond donors (Lipinski definition) is 0. The van der Waals surface area contributed by atoms with Gasteiger partial charge >= 0.3 is 0 Å². The van der Waals surface area contributed by atoms with Crippen LogP contribution in [0.5, 0.6) is 0 Å². The third-order valence-electron chi connectivity index (χ3n) is 9.13. The Bertz CT molecular complexity index is 1600. The zero-order valence-corrected chi connectivity index (χ0v) is 26.3. The van der Waals surface area contributed by atoms with Crippen molar-refractivity contribution in [1.82, 2.24) is 19.4 Å². The fourth-order valence-corrected chi connectivity index (χ4v) is 6.98. The Morgan fingerprint density at radius 2 is 1.74 bits per heavy atom. The number of benzene rings is 3. The van der Waals surface area contributed by atoms with Crippen LogP contribution < -0.4 is 4.90 Å². The van der Waals surface area contributed by atoms with Crippen molar-refractivity contribution in [3.8, 4) is 0 Å². The highest BCUT2D eigenvalue weighted by Gasteiger charge is 2.42. The van der Waals surface area contributed by atoms with E-state index in [1.54, 1.807) is 0 Å². The summed E-state index contributed by atoms with van der Waals surface area (Å²) in [4.78, 5) is 25.5. The number of halogens is 2. The number of aromatic nitrogens is 2. The summed E-state index contributed by atoms with van der Waals surface area (Å²) < 4.78 is 2.33. The number of anilines is 1. The van der Waals surface area contributed by atoms with Crippen LogP contribution in [0.25, 0.3) is 11.0 Å². The van der Waals surface area contributed by atoms with E-state index in [-0.39, 0.29) is 11.3 Å². The molecule has 43 heavy (non-hydrogen) atoms. The molecule has 8 heteroatoms. The molecule has 0 N–H and O–H groups in total. The van der Waals surface area contributed by atoms with Gasteiger partial charge in [-0.2, -0.15) is 0 Å². The van der Waals surface area contributed by atoms with Crippen molar-refractivity contribution in [2.24, 2.45) is 0 Å². The molecule has 1 unspecified atom stereocenters. The summed E-state index contributed by atoms with van der Waals surface area (Å²) in [6.07, 6.45) is 7.22. The van der Waals surface area contributed by atoms with Crippen LogP contribution in [0.1, 0.15) is 42.1 Å². The number of likely N-dealkylation sites (tertiary alicyclic amines) is 1. The molecule has 6 rings (SSSR count). The molecule has 0 bridgehead atoms. The minimum Gasteiger partial charge on any atom is -0.341 e. The number of carbonyl (C=O) groups is 1. The molecule has 6 nitrogen and oxygen atoms in total. The molecule has 1 amide bonds. The van der Waals surface area contributed by atoms with Gasteiger partial charge in [-0.3, -0.25) is 4.79 Å². The van der Waals surface area contributed by atoms with Crippen LogP contribution in [0.4, 0.5) is 5.95 Å². The number of allylic oxidation sites excluding steroid dienone is 2. The van der Waals surface area contributed by atoms with Gasteiger partial charge < -0.3 is 19.3 Å². The summed E-state index contributed by atoms with van der Waals surface area (Å²) in [5, 5.41) is 1.13. The zero-order valence-electron chi connectivity index (χ0n) is 24.8. The molecule has 2 aliphatic heterocycles. The molecular formula is C35H39Cl2N5O. The predicted octanol–water partition coefficient (Wildman–Crippen LogP) is 7.31. The molecular weight excluding hydrogens is 577 g/mol. The van der Waals surface area contributed by atoms with Gasteiger partial charge in [0.05, 0.1) is 21.1 Å². The molecule has 2 aliphatic rings. The van der Waals surface area contributed by atoms with Crippen LogP contribution in [0, 0.1) is 0 Å². The number of imidazole rings is 1. The smallest absolute Gasteiger partial charge is 0.253 e. The Morgan fingerprint density at radius 3 is 2.56 bits per heavy atom. The zero-order chi connectivity index (χ0) is 29.8. The van der Waals surface area contributed by atoms with Crippen molar-refractivity contribution in [3.05, 3.63) is 106 Å². The highest BCUT2D eigenvalue weighted by molar-refractivity contribution is 6.42. The third kappa shape index (κ3) is 6.33. The van der Waals surface area contributed by atoms with Crippen LogP contribution in [-0.4, -0.2) is 71.1 Å². The third-order valence-corrected chi connectivity index (χ3v) is 9.87. The topological polar surface area (TPSA) is 44.6 Å². The van der Waals surface area contributed by atoms with Gasteiger partial charge in [-0.15, -0.1) is 0 Å². The number of hydrogen-bond acceptors (Lipinski definition) is 4. The van der Waals surface area contributed by atoms with E-state index in [2.05, 4.69) is 63.8 Å². The fourth-order valence-electron chi connectivity index (χ4n) is 6.68. The van der Waals surface area contributed by atoms with E-state index in [1.165, 1.54) is 11.1 Å². The molecule has 3 aromatic carbocycles. The summed E-state index contributed by atoms with van der Waals surface area (Å²) in [5.74, 6) is 1.15. The fraction of sp³-hybridized carbons (Fsp3) is 0.371. The summed E-state index contributed by atoms with van der Waals surface area (Å²) in [6.45, 7) is 9.15. The normalized spacial score (nSPS) is 19.9. The second kappa shape index (κ2) is 13.1. The molecule has 0 saturated carbocycles. The molecule has 1 atom stereocenters. The van der Waals surface area contributed by atoms with E-state index in [4.69, 9.17) is 28.2 Å². The van der Waals surface area contributed by atoms with Crippen molar-refractivity contribution < 1.29 is 4.79 Å². The molecule has 3 heterocycles. The summed E-state index contributed by atoms with van der Waals surface area (Å²) in [5.41, 5.74) is 3.95. The number of fused-ring (bicyclic) bond motifs is 1.